The largest absolute Gasteiger partial charge is 0.483 e. The van der Waals surface area contributed by atoms with Gasteiger partial charge in [-0.25, -0.2) is 0 Å². The molecular weight excluding hydrogens is 432 g/mol. The molecule has 0 spiro atoms. The van der Waals surface area contributed by atoms with Gasteiger partial charge in [0.1, 0.15) is 0 Å². The van der Waals surface area contributed by atoms with Gasteiger partial charge in [-0.15, -0.1) is 0 Å². The molecule has 4 rings (SSSR count). The van der Waals surface area contributed by atoms with Crippen LogP contribution in [-0.2, 0) is 29.3 Å². The molecule has 4 aliphatic carbocycles. The van der Waals surface area contributed by atoms with Gasteiger partial charge in [0.2, 0.25) is 5.97 Å². The molecule has 0 aliphatic heterocycles. The molecule has 0 heterocycles. The van der Waals surface area contributed by atoms with Crippen LogP contribution in [0.2, 0.25) is 0 Å². The zero-order chi connectivity index (χ0) is 13.0. The quantitative estimate of drug-likeness (QED) is 0.531. The third kappa shape index (κ3) is 2.80. The van der Waals surface area contributed by atoms with E-state index in [1.165, 1.54) is 0 Å². The van der Waals surface area contributed by atoms with Gasteiger partial charge in [-0.3, -0.25) is 4.79 Å². The number of halogens is 2. The molecule has 4 bridgehead atoms. The number of hydrogen-bond donors (Lipinski definition) is 1. The number of aliphatic hydroxyl groups is 1. The topological polar surface area (TPSA) is 46.5 Å². The minimum absolute atomic E-state index is 0. The zero-order valence-electron chi connectivity index (χ0n) is 10.5. The summed E-state index contributed by atoms with van der Waals surface area (Å²) in [6.07, 6.45) is 2.86. The van der Waals surface area contributed by atoms with Gasteiger partial charge in [-0.05, 0) is 50.4 Å². The third-order valence-corrected chi connectivity index (χ3v) is 4.82. The molecule has 0 aromatic rings. The smallest absolute Gasteiger partial charge is 0.228 e. The van der Waals surface area contributed by atoms with Crippen LogP contribution < -0.4 is 0 Å². The van der Waals surface area contributed by atoms with E-state index in [1.54, 1.807) is 0 Å². The van der Waals surface area contributed by atoms with Crippen LogP contribution in [0.3, 0.4) is 0 Å². The zero-order valence-corrected chi connectivity index (χ0v) is 13.0. The van der Waals surface area contributed by atoms with E-state index in [4.69, 9.17) is 4.74 Å². The van der Waals surface area contributed by atoms with Crippen LogP contribution in [-0.4, -0.2) is 23.3 Å². The van der Waals surface area contributed by atoms with E-state index in [-0.39, 0.29) is 31.8 Å². The first kappa shape index (κ1) is 15.2. The predicted octanol–water partition coefficient (Wildman–Crippen LogP) is 2.29. The third-order valence-electron chi connectivity index (χ3n) is 4.82. The number of carbonyl (C=O) groups excluding carboxylic acids is 1. The van der Waals surface area contributed by atoms with Crippen LogP contribution in [0.25, 0.3) is 0 Å². The maximum atomic E-state index is 12.1. The molecule has 1 N–H and O–H groups in total. The fraction of sp³-hybridized carbons (Fsp3) is 0.846. The van der Waals surface area contributed by atoms with Gasteiger partial charge in [-0.1, -0.05) is 0 Å². The van der Waals surface area contributed by atoms with E-state index in [0.29, 0.717) is 18.3 Å². The molecule has 4 saturated carbocycles. The summed E-state index contributed by atoms with van der Waals surface area (Å²) in [4.78, 5) is 10.8. The van der Waals surface area contributed by atoms with Crippen molar-refractivity contribution >= 4 is 5.97 Å². The molecule has 6 heteroatoms. The second-order valence-corrected chi connectivity index (χ2v) is 6.52. The van der Waals surface area contributed by atoms with E-state index in [9.17, 15) is 18.7 Å². The number of esters is 1. The van der Waals surface area contributed by atoms with E-state index in [0.717, 1.165) is 32.1 Å². The SMILES string of the molecule is O=C(OCC12CC3CC(CC(O)(C3)C1)C2)[C-](F)F.[Os]. The van der Waals surface area contributed by atoms with Gasteiger partial charge in [0, 0.05) is 31.6 Å². The van der Waals surface area contributed by atoms with Gasteiger partial charge in [-0.2, -0.15) is 0 Å². The Bertz CT molecular complexity index is 361. The molecule has 4 aliphatic rings. The Labute approximate surface area is 124 Å². The molecule has 19 heavy (non-hydrogen) atoms. The van der Waals surface area contributed by atoms with E-state index in [1.807, 2.05) is 0 Å². The summed E-state index contributed by atoms with van der Waals surface area (Å²) in [5.74, 6) is -0.582. The van der Waals surface area contributed by atoms with Gasteiger partial charge in [0.25, 0.3) is 0 Å². The molecule has 4 fully saturated rings. The van der Waals surface area contributed by atoms with Crippen LogP contribution in [0, 0.1) is 23.7 Å². The van der Waals surface area contributed by atoms with Crippen molar-refractivity contribution in [2.45, 2.75) is 44.1 Å². The van der Waals surface area contributed by atoms with Crippen molar-refractivity contribution in [1.29, 1.82) is 0 Å². The van der Waals surface area contributed by atoms with Crippen molar-refractivity contribution in [1.82, 2.24) is 0 Å². The van der Waals surface area contributed by atoms with Crippen molar-refractivity contribution in [2.24, 2.45) is 17.3 Å². The summed E-state index contributed by atoms with van der Waals surface area (Å²) in [7, 11) is 0. The average Bonchev–Trinajstić information content (AvgIpc) is 2.22. The van der Waals surface area contributed by atoms with E-state index in [2.05, 4.69) is 0 Å². The molecule has 110 valence electrons. The minimum atomic E-state index is -2.29. The standard InChI is InChI=1S/C13H17F2O3.Os/c14-10(15)11(16)18-7-12-2-8-1-9(3-12)5-13(17,4-8)6-12;/h8-9,17H,1-7H2;/q-1;. The normalized spacial score (nSPS) is 42.7. The van der Waals surface area contributed by atoms with Gasteiger partial charge < -0.3 is 18.6 Å². The van der Waals surface area contributed by atoms with Crippen molar-refractivity contribution < 1.29 is 43.2 Å². The first-order valence-electron chi connectivity index (χ1n) is 6.47. The Morgan fingerprint density at radius 3 is 2.32 bits per heavy atom. The van der Waals surface area contributed by atoms with Crippen molar-refractivity contribution in [2.75, 3.05) is 6.61 Å². The molecule has 2 unspecified atom stereocenters. The number of carbonyl (C=O) groups is 1. The Balaban J connectivity index is 0.00000133. The van der Waals surface area contributed by atoms with Crippen molar-refractivity contribution in [3.8, 4) is 0 Å². The monoisotopic (exact) mass is 451 g/mol. The summed E-state index contributed by atoms with van der Waals surface area (Å²) in [6, 6.07) is 0. The van der Waals surface area contributed by atoms with E-state index < -0.39 is 18.0 Å². The summed E-state index contributed by atoms with van der Waals surface area (Å²) in [6.45, 7) is 0.0263. The van der Waals surface area contributed by atoms with Crippen LogP contribution in [0.15, 0.2) is 0 Å². The molecule has 0 aromatic carbocycles. The molecule has 0 saturated heterocycles. The Kier molecular flexibility index (Phi) is 3.97. The first-order chi connectivity index (χ1) is 8.40. The Morgan fingerprint density at radius 2 is 1.84 bits per heavy atom. The summed E-state index contributed by atoms with van der Waals surface area (Å²) >= 11 is 0. The maximum absolute atomic E-state index is 12.1. The first-order valence-corrected chi connectivity index (χ1v) is 6.47. The fourth-order valence-electron chi connectivity index (χ4n) is 4.84. The summed E-state index contributed by atoms with van der Waals surface area (Å²) in [5, 5.41) is 10.4. The molecule has 0 aromatic heterocycles. The average molecular weight is 450 g/mol. The molecular formula is C13H17F2O3Os-. The van der Waals surface area contributed by atoms with Crippen LogP contribution in [0.1, 0.15) is 38.5 Å². The number of ether oxygens (including phenoxy) is 1. The molecule has 0 radical (unpaired) electrons. The predicted molar refractivity (Wildman–Crippen MR) is 58.5 cm³/mol. The van der Waals surface area contributed by atoms with Crippen LogP contribution in [0.4, 0.5) is 8.78 Å². The fourth-order valence-corrected chi connectivity index (χ4v) is 4.84. The second kappa shape index (κ2) is 4.97. The van der Waals surface area contributed by atoms with Crippen molar-refractivity contribution in [3.05, 3.63) is 6.43 Å². The Hall–Kier alpha value is -0.204. The van der Waals surface area contributed by atoms with Gasteiger partial charge >= 0.3 is 0 Å². The minimum Gasteiger partial charge on any atom is -0.483 e. The summed E-state index contributed by atoms with van der Waals surface area (Å²) < 4.78 is 28.8. The molecule has 3 nitrogen and oxygen atoms in total. The van der Waals surface area contributed by atoms with Gasteiger partial charge in [0.05, 0.1) is 12.2 Å². The number of rotatable bonds is 3. The van der Waals surface area contributed by atoms with Crippen molar-refractivity contribution in [3.63, 3.8) is 0 Å². The molecule has 0 amide bonds. The maximum Gasteiger partial charge on any atom is 0.228 e. The second-order valence-electron chi connectivity index (χ2n) is 6.52. The number of hydrogen-bond acceptors (Lipinski definition) is 3. The Morgan fingerprint density at radius 1 is 1.26 bits per heavy atom. The van der Waals surface area contributed by atoms with Crippen LogP contribution in [0.5, 0.6) is 0 Å². The van der Waals surface area contributed by atoms with Crippen LogP contribution >= 0.6 is 0 Å². The van der Waals surface area contributed by atoms with Gasteiger partial charge in [0.15, 0.2) is 0 Å². The van der Waals surface area contributed by atoms with E-state index >= 15 is 0 Å². The molecule has 2 atom stereocenters. The summed E-state index contributed by atoms with van der Waals surface area (Å²) in [5.41, 5.74) is -0.904.